The molecule has 36 heavy (non-hydrogen) atoms. The molecule has 2 heterocycles. The van der Waals surface area contributed by atoms with E-state index in [-0.39, 0.29) is 17.8 Å². The highest BCUT2D eigenvalue weighted by atomic mass is 16.3. The Morgan fingerprint density at radius 2 is 1.33 bits per heavy atom. The number of nitrogens with zero attached hydrogens (tertiary/aromatic N) is 1. The van der Waals surface area contributed by atoms with Crippen molar-refractivity contribution in [1.82, 2.24) is 4.98 Å². The van der Waals surface area contributed by atoms with Crippen LogP contribution in [0.15, 0.2) is 91.1 Å². The number of H-pyrrole nitrogens is 1. The summed E-state index contributed by atoms with van der Waals surface area (Å²) in [6.45, 7) is 1.74. The van der Waals surface area contributed by atoms with Crippen LogP contribution in [0.25, 0.3) is 0 Å². The Kier molecular flexibility index (Phi) is 6.82. The average Bonchev–Trinajstić information content (AvgIpc) is 3.46. The van der Waals surface area contributed by atoms with Crippen molar-refractivity contribution in [2.45, 2.75) is 18.9 Å². The third-order valence-electron chi connectivity index (χ3n) is 6.38. The van der Waals surface area contributed by atoms with Gasteiger partial charge in [-0.15, -0.1) is 0 Å². The van der Waals surface area contributed by atoms with Gasteiger partial charge in [0, 0.05) is 53.2 Å². The second-order valence-electron chi connectivity index (χ2n) is 8.91. The van der Waals surface area contributed by atoms with Gasteiger partial charge in [0.25, 0.3) is 5.91 Å². The summed E-state index contributed by atoms with van der Waals surface area (Å²) in [5.41, 5.74) is 5.25. The van der Waals surface area contributed by atoms with Gasteiger partial charge >= 0.3 is 0 Å². The van der Waals surface area contributed by atoms with E-state index < -0.39 is 0 Å². The van der Waals surface area contributed by atoms with Crippen LogP contribution in [-0.2, 0) is 0 Å². The Bertz CT molecular complexity index is 1310. The van der Waals surface area contributed by atoms with Crippen LogP contribution >= 0.6 is 0 Å². The smallest absolute Gasteiger partial charge is 0.272 e. The zero-order valence-corrected chi connectivity index (χ0v) is 19.8. The number of aromatic nitrogens is 1. The number of hydrogen-bond donors (Lipinski definition) is 4. The van der Waals surface area contributed by atoms with Gasteiger partial charge in [-0.2, -0.15) is 0 Å². The van der Waals surface area contributed by atoms with Gasteiger partial charge in [0.1, 0.15) is 5.69 Å². The molecule has 0 saturated carbocycles. The van der Waals surface area contributed by atoms with Gasteiger partial charge in [-0.3, -0.25) is 9.59 Å². The Labute approximate surface area is 209 Å². The molecule has 0 spiro atoms. The first kappa shape index (κ1) is 23.4. The SMILES string of the molecule is O=C(c1ccc(NC(=O)c2ccc[nH]2)cc1)c1ccc(Nc2ccc(N3CCC(O)CC3)cc2)cc1. The molecule has 3 aromatic carbocycles. The fraction of sp³-hybridized carbons (Fsp3) is 0.172. The highest BCUT2D eigenvalue weighted by Gasteiger charge is 2.17. The molecule has 7 nitrogen and oxygen atoms in total. The van der Waals surface area contributed by atoms with Crippen molar-refractivity contribution in [2.24, 2.45) is 0 Å². The van der Waals surface area contributed by atoms with Gasteiger partial charge in [-0.05, 0) is 97.8 Å². The highest BCUT2D eigenvalue weighted by molar-refractivity contribution is 6.09. The molecule has 1 fully saturated rings. The topological polar surface area (TPSA) is 97.5 Å². The van der Waals surface area contributed by atoms with E-state index in [0.29, 0.717) is 22.5 Å². The van der Waals surface area contributed by atoms with E-state index in [1.807, 2.05) is 24.3 Å². The number of hydrogen-bond acceptors (Lipinski definition) is 5. The maximum Gasteiger partial charge on any atom is 0.272 e. The van der Waals surface area contributed by atoms with E-state index in [0.717, 1.165) is 43.0 Å². The molecule has 1 aliphatic heterocycles. The number of aliphatic hydroxyl groups excluding tert-OH is 1. The van der Waals surface area contributed by atoms with Crippen molar-refractivity contribution >= 4 is 34.4 Å². The van der Waals surface area contributed by atoms with Crippen LogP contribution in [-0.4, -0.2) is 41.0 Å². The first-order valence-corrected chi connectivity index (χ1v) is 12.0. The number of nitrogens with one attached hydrogen (secondary N) is 3. The first-order chi connectivity index (χ1) is 17.5. The van der Waals surface area contributed by atoms with Crippen molar-refractivity contribution in [1.29, 1.82) is 0 Å². The maximum atomic E-state index is 12.9. The van der Waals surface area contributed by atoms with Crippen molar-refractivity contribution in [3.05, 3.63) is 108 Å². The molecule has 5 rings (SSSR count). The second-order valence-corrected chi connectivity index (χ2v) is 8.91. The van der Waals surface area contributed by atoms with Crippen LogP contribution in [0.5, 0.6) is 0 Å². The number of carbonyl (C=O) groups excluding carboxylic acids is 2. The summed E-state index contributed by atoms with van der Waals surface area (Å²) in [7, 11) is 0. The summed E-state index contributed by atoms with van der Waals surface area (Å²) in [6.07, 6.45) is 3.12. The molecular formula is C29H28N4O3. The second kappa shape index (κ2) is 10.5. The molecule has 182 valence electrons. The molecule has 4 aromatic rings. The molecule has 4 N–H and O–H groups in total. The Morgan fingerprint density at radius 1 is 0.778 bits per heavy atom. The van der Waals surface area contributed by atoms with E-state index in [1.165, 1.54) is 0 Å². The molecule has 1 saturated heterocycles. The average molecular weight is 481 g/mol. The lowest BCUT2D eigenvalue weighted by Crippen LogP contribution is -2.35. The van der Waals surface area contributed by atoms with Crippen LogP contribution in [0.4, 0.5) is 22.7 Å². The number of aromatic amines is 1. The molecule has 0 unspecified atom stereocenters. The maximum absolute atomic E-state index is 12.9. The molecule has 0 bridgehead atoms. The third kappa shape index (κ3) is 5.47. The number of aliphatic hydroxyl groups is 1. The minimum Gasteiger partial charge on any atom is -0.393 e. The number of piperidine rings is 1. The Hall–Kier alpha value is -4.36. The molecule has 7 heteroatoms. The minimum absolute atomic E-state index is 0.0835. The first-order valence-electron chi connectivity index (χ1n) is 12.0. The Morgan fingerprint density at radius 3 is 1.89 bits per heavy atom. The van der Waals surface area contributed by atoms with Crippen LogP contribution in [0.1, 0.15) is 39.3 Å². The summed E-state index contributed by atoms with van der Waals surface area (Å²) < 4.78 is 0. The molecule has 1 amide bonds. The lowest BCUT2D eigenvalue weighted by Gasteiger charge is -2.31. The third-order valence-corrected chi connectivity index (χ3v) is 6.38. The predicted octanol–water partition coefficient (Wildman–Crippen LogP) is 5.20. The molecule has 0 radical (unpaired) electrons. The van der Waals surface area contributed by atoms with Crippen LogP contribution < -0.4 is 15.5 Å². The van der Waals surface area contributed by atoms with Gasteiger partial charge in [-0.1, -0.05) is 0 Å². The normalized spacial score (nSPS) is 13.9. The Balaban J connectivity index is 1.18. The van der Waals surface area contributed by atoms with Crippen molar-refractivity contribution in [3.8, 4) is 0 Å². The van der Waals surface area contributed by atoms with E-state index in [1.54, 1.807) is 54.7 Å². The summed E-state index contributed by atoms with van der Waals surface area (Å²) in [5.74, 6) is -0.317. The molecule has 1 aromatic heterocycles. The van der Waals surface area contributed by atoms with E-state index in [4.69, 9.17) is 0 Å². The number of anilines is 4. The quantitative estimate of drug-likeness (QED) is 0.273. The van der Waals surface area contributed by atoms with E-state index in [2.05, 4.69) is 32.7 Å². The van der Waals surface area contributed by atoms with Gasteiger partial charge in [-0.25, -0.2) is 0 Å². The summed E-state index contributed by atoms with van der Waals surface area (Å²) >= 11 is 0. The van der Waals surface area contributed by atoms with Crippen molar-refractivity contribution < 1.29 is 14.7 Å². The number of carbonyl (C=O) groups is 2. The van der Waals surface area contributed by atoms with Crippen molar-refractivity contribution in [2.75, 3.05) is 28.6 Å². The van der Waals surface area contributed by atoms with Crippen LogP contribution in [0, 0.1) is 0 Å². The zero-order valence-electron chi connectivity index (χ0n) is 19.8. The summed E-state index contributed by atoms with van der Waals surface area (Å²) in [5, 5.41) is 15.9. The lowest BCUT2D eigenvalue weighted by atomic mass is 10.0. The molecule has 0 aliphatic carbocycles. The van der Waals surface area contributed by atoms with Gasteiger partial charge in [0.15, 0.2) is 5.78 Å². The number of benzene rings is 3. The number of amides is 1. The zero-order chi connectivity index (χ0) is 24.9. The predicted molar refractivity (Wildman–Crippen MR) is 142 cm³/mol. The van der Waals surface area contributed by atoms with Gasteiger partial charge in [0.05, 0.1) is 6.10 Å². The molecular weight excluding hydrogens is 452 g/mol. The fourth-order valence-corrected chi connectivity index (χ4v) is 4.29. The monoisotopic (exact) mass is 480 g/mol. The molecule has 0 atom stereocenters. The van der Waals surface area contributed by atoms with Crippen molar-refractivity contribution in [3.63, 3.8) is 0 Å². The number of ketones is 1. The lowest BCUT2D eigenvalue weighted by molar-refractivity contribution is 0.102. The summed E-state index contributed by atoms with van der Waals surface area (Å²) in [4.78, 5) is 30.2. The number of rotatable bonds is 7. The van der Waals surface area contributed by atoms with E-state index >= 15 is 0 Å². The van der Waals surface area contributed by atoms with Gasteiger partial charge in [0.2, 0.25) is 0 Å². The fourth-order valence-electron chi connectivity index (χ4n) is 4.29. The van der Waals surface area contributed by atoms with E-state index in [9.17, 15) is 14.7 Å². The highest BCUT2D eigenvalue weighted by Crippen LogP contribution is 2.24. The van der Waals surface area contributed by atoms with Crippen LogP contribution in [0.2, 0.25) is 0 Å². The van der Waals surface area contributed by atoms with Crippen LogP contribution in [0.3, 0.4) is 0 Å². The largest absolute Gasteiger partial charge is 0.393 e. The summed E-state index contributed by atoms with van der Waals surface area (Å²) in [6, 6.07) is 26.0. The minimum atomic E-state index is -0.233. The standard InChI is InChI=1S/C29H28N4O3/c34-26-15-18-33(19-16-26)25-13-11-23(12-14-25)31-22-7-3-20(4-8-22)28(35)21-5-9-24(10-6-21)32-29(36)27-2-1-17-30-27/h1-14,17,26,30-31,34H,15-16,18-19H2,(H,32,36). The molecule has 1 aliphatic rings. The van der Waals surface area contributed by atoms with Gasteiger partial charge < -0.3 is 25.6 Å².